The van der Waals surface area contributed by atoms with E-state index >= 15 is 0 Å². The first-order chi connectivity index (χ1) is 10.3. The molecule has 120 valence electrons. The summed E-state index contributed by atoms with van der Waals surface area (Å²) in [5, 5.41) is 3.32. The molecule has 22 heavy (non-hydrogen) atoms. The van der Waals surface area contributed by atoms with Crippen molar-refractivity contribution in [3.05, 3.63) is 16.0 Å². The van der Waals surface area contributed by atoms with Crippen LogP contribution in [0.25, 0.3) is 0 Å². The SMILES string of the molecule is COC(=O)c1c(NC(=O)C(C)C)sc2c1CCN(C(C)=O)C2. The number of fused-ring (bicyclic) bond motifs is 1. The first kappa shape index (κ1) is 16.5. The number of hydrogen-bond acceptors (Lipinski definition) is 5. The average Bonchev–Trinajstić information content (AvgIpc) is 2.82. The van der Waals surface area contributed by atoms with Crippen LogP contribution in [0.3, 0.4) is 0 Å². The third-order valence-corrected chi connectivity index (χ3v) is 4.79. The molecule has 0 atom stereocenters. The Morgan fingerprint density at radius 3 is 2.55 bits per heavy atom. The molecule has 0 spiro atoms. The van der Waals surface area contributed by atoms with Crippen molar-refractivity contribution in [2.75, 3.05) is 19.0 Å². The summed E-state index contributed by atoms with van der Waals surface area (Å²) in [7, 11) is 1.32. The molecule has 2 heterocycles. The van der Waals surface area contributed by atoms with E-state index < -0.39 is 5.97 Å². The van der Waals surface area contributed by atoms with E-state index in [0.717, 1.165) is 10.4 Å². The van der Waals surface area contributed by atoms with E-state index in [1.165, 1.54) is 25.4 Å². The van der Waals surface area contributed by atoms with E-state index in [-0.39, 0.29) is 17.7 Å². The highest BCUT2D eigenvalue weighted by Crippen LogP contribution is 2.37. The maximum atomic E-state index is 12.1. The van der Waals surface area contributed by atoms with Crippen LogP contribution in [0, 0.1) is 5.92 Å². The van der Waals surface area contributed by atoms with Crippen molar-refractivity contribution in [2.45, 2.75) is 33.7 Å². The van der Waals surface area contributed by atoms with Crippen LogP contribution < -0.4 is 5.32 Å². The fraction of sp³-hybridized carbons (Fsp3) is 0.533. The van der Waals surface area contributed by atoms with E-state index in [1.54, 1.807) is 18.7 Å². The number of carbonyl (C=O) groups is 3. The van der Waals surface area contributed by atoms with Crippen molar-refractivity contribution in [2.24, 2.45) is 5.92 Å². The second-order valence-corrected chi connectivity index (χ2v) is 6.64. The van der Waals surface area contributed by atoms with Crippen LogP contribution >= 0.6 is 11.3 Å². The number of esters is 1. The Morgan fingerprint density at radius 1 is 1.32 bits per heavy atom. The number of methoxy groups -OCH3 is 1. The molecule has 1 aliphatic heterocycles. The number of anilines is 1. The van der Waals surface area contributed by atoms with Gasteiger partial charge < -0.3 is 15.0 Å². The summed E-state index contributed by atoms with van der Waals surface area (Å²) in [4.78, 5) is 38.2. The molecule has 7 heteroatoms. The van der Waals surface area contributed by atoms with E-state index in [0.29, 0.717) is 30.1 Å². The maximum absolute atomic E-state index is 12.1. The fourth-order valence-electron chi connectivity index (χ4n) is 2.33. The normalized spacial score (nSPS) is 13.8. The van der Waals surface area contributed by atoms with Gasteiger partial charge in [-0.25, -0.2) is 4.79 Å². The summed E-state index contributed by atoms with van der Waals surface area (Å²) in [5.74, 6) is -0.773. The summed E-state index contributed by atoms with van der Waals surface area (Å²) in [6.07, 6.45) is 0.591. The van der Waals surface area contributed by atoms with Crippen LogP contribution in [0.1, 0.15) is 41.6 Å². The topological polar surface area (TPSA) is 75.7 Å². The van der Waals surface area contributed by atoms with E-state index in [9.17, 15) is 14.4 Å². The molecule has 0 fully saturated rings. The highest BCUT2D eigenvalue weighted by molar-refractivity contribution is 7.17. The monoisotopic (exact) mass is 324 g/mol. The highest BCUT2D eigenvalue weighted by Gasteiger charge is 2.30. The summed E-state index contributed by atoms with van der Waals surface area (Å²) >= 11 is 1.35. The number of hydrogen-bond donors (Lipinski definition) is 1. The molecule has 1 aromatic rings. The van der Waals surface area contributed by atoms with Gasteiger partial charge in [-0.2, -0.15) is 0 Å². The Labute approximate surface area is 133 Å². The molecule has 1 aliphatic rings. The molecule has 2 amide bonds. The quantitative estimate of drug-likeness (QED) is 0.863. The van der Waals surface area contributed by atoms with Crippen molar-refractivity contribution in [1.82, 2.24) is 4.90 Å². The second-order valence-electron chi connectivity index (χ2n) is 5.53. The van der Waals surface area contributed by atoms with Gasteiger partial charge in [0.2, 0.25) is 11.8 Å². The number of ether oxygens (including phenoxy) is 1. The second kappa shape index (κ2) is 6.48. The van der Waals surface area contributed by atoms with Crippen LogP contribution in [0.5, 0.6) is 0 Å². The van der Waals surface area contributed by atoms with Crippen LogP contribution in [0.2, 0.25) is 0 Å². The van der Waals surface area contributed by atoms with E-state index in [1.807, 2.05) is 0 Å². The standard InChI is InChI=1S/C15H20N2O4S/c1-8(2)13(19)16-14-12(15(20)21-4)10-5-6-17(9(3)18)7-11(10)22-14/h8H,5-7H2,1-4H3,(H,16,19). The first-order valence-electron chi connectivity index (χ1n) is 7.14. The first-order valence-corrected chi connectivity index (χ1v) is 7.96. The zero-order valence-corrected chi connectivity index (χ0v) is 14.0. The van der Waals surface area contributed by atoms with Crippen molar-refractivity contribution < 1.29 is 19.1 Å². The Kier molecular flexibility index (Phi) is 4.85. The number of amides is 2. The lowest BCUT2D eigenvalue weighted by atomic mass is 10.0. The van der Waals surface area contributed by atoms with Gasteiger partial charge in [-0.15, -0.1) is 11.3 Å². The van der Waals surface area contributed by atoms with Gasteiger partial charge in [0.15, 0.2) is 0 Å². The van der Waals surface area contributed by atoms with Gasteiger partial charge in [-0.05, 0) is 12.0 Å². The lowest BCUT2D eigenvalue weighted by molar-refractivity contribution is -0.129. The molecule has 0 saturated carbocycles. The third-order valence-electron chi connectivity index (χ3n) is 3.65. The molecule has 1 aromatic heterocycles. The summed E-state index contributed by atoms with van der Waals surface area (Å²) in [5.41, 5.74) is 1.31. The van der Waals surface area contributed by atoms with Gasteiger partial charge in [0, 0.05) is 24.3 Å². The van der Waals surface area contributed by atoms with Crippen molar-refractivity contribution >= 4 is 34.1 Å². The van der Waals surface area contributed by atoms with Gasteiger partial charge in [-0.3, -0.25) is 9.59 Å². The molecule has 0 aromatic carbocycles. The predicted octanol–water partition coefficient (Wildman–Crippen LogP) is 2.03. The summed E-state index contributed by atoms with van der Waals surface area (Å²) in [6, 6.07) is 0. The lowest BCUT2D eigenvalue weighted by Crippen LogP contribution is -2.33. The smallest absolute Gasteiger partial charge is 0.341 e. The molecular weight excluding hydrogens is 304 g/mol. The Bertz CT molecular complexity index is 621. The third kappa shape index (κ3) is 3.14. The predicted molar refractivity (Wildman–Crippen MR) is 83.9 cm³/mol. The molecule has 0 aliphatic carbocycles. The molecule has 6 nitrogen and oxygen atoms in total. The molecule has 0 saturated heterocycles. The minimum absolute atomic E-state index is 0.00596. The van der Waals surface area contributed by atoms with E-state index in [4.69, 9.17) is 4.74 Å². The number of thiophene rings is 1. The maximum Gasteiger partial charge on any atom is 0.341 e. The molecule has 1 N–H and O–H groups in total. The van der Waals surface area contributed by atoms with Crippen LogP contribution in [-0.2, 0) is 27.3 Å². The van der Waals surface area contributed by atoms with Gasteiger partial charge in [0.25, 0.3) is 0 Å². The molecule has 0 radical (unpaired) electrons. The Morgan fingerprint density at radius 2 is 2.00 bits per heavy atom. The fourth-order valence-corrected chi connectivity index (χ4v) is 3.59. The minimum Gasteiger partial charge on any atom is -0.465 e. The molecular formula is C15H20N2O4S. The zero-order chi connectivity index (χ0) is 16.4. The molecule has 0 bridgehead atoms. The molecule has 2 rings (SSSR count). The van der Waals surface area contributed by atoms with Crippen LogP contribution in [0.4, 0.5) is 5.00 Å². The number of rotatable bonds is 3. The number of nitrogens with one attached hydrogen (secondary N) is 1. The van der Waals surface area contributed by atoms with Crippen molar-refractivity contribution in [3.63, 3.8) is 0 Å². The van der Waals surface area contributed by atoms with Gasteiger partial charge in [-0.1, -0.05) is 13.8 Å². The van der Waals surface area contributed by atoms with Gasteiger partial charge in [0.1, 0.15) is 5.00 Å². The largest absolute Gasteiger partial charge is 0.465 e. The minimum atomic E-state index is -0.451. The number of nitrogens with zero attached hydrogens (tertiary/aromatic N) is 1. The van der Waals surface area contributed by atoms with Gasteiger partial charge >= 0.3 is 5.97 Å². The van der Waals surface area contributed by atoms with Crippen molar-refractivity contribution in [3.8, 4) is 0 Å². The Balaban J connectivity index is 2.40. The summed E-state index contributed by atoms with van der Waals surface area (Å²) in [6.45, 7) is 6.15. The average molecular weight is 324 g/mol. The van der Waals surface area contributed by atoms with Gasteiger partial charge in [0.05, 0.1) is 19.2 Å². The zero-order valence-electron chi connectivity index (χ0n) is 13.2. The summed E-state index contributed by atoms with van der Waals surface area (Å²) < 4.78 is 4.85. The van der Waals surface area contributed by atoms with Crippen LogP contribution in [0.15, 0.2) is 0 Å². The van der Waals surface area contributed by atoms with Crippen molar-refractivity contribution in [1.29, 1.82) is 0 Å². The lowest BCUT2D eigenvalue weighted by Gasteiger charge is -2.25. The van der Waals surface area contributed by atoms with Crippen LogP contribution in [-0.4, -0.2) is 36.3 Å². The number of carbonyl (C=O) groups excluding carboxylic acids is 3. The van der Waals surface area contributed by atoms with E-state index in [2.05, 4.69) is 5.32 Å². The highest BCUT2D eigenvalue weighted by atomic mass is 32.1. The Hall–Kier alpha value is -1.89. The molecule has 0 unspecified atom stereocenters.